The number of hydrogen-bond donors (Lipinski definition) is 2. The Morgan fingerprint density at radius 1 is 0.970 bits per heavy atom. The topological polar surface area (TPSA) is 88.9 Å². The van der Waals surface area contributed by atoms with Crippen molar-refractivity contribution in [3.8, 4) is 17.2 Å². The number of alkyl halides is 4. The van der Waals surface area contributed by atoms with Crippen LogP contribution in [0.5, 0.6) is 17.2 Å². The van der Waals surface area contributed by atoms with E-state index in [-0.39, 0.29) is 17.7 Å². The monoisotopic (exact) mass is 465 g/mol. The van der Waals surface area contributed by atoms with Gasteiger partial charge < -0.3 is 19.7 Å². The number of halogens is 4. The van der Waals surface area contributed by atoms with E-state index in [9.17, 15) is 32.6 Å². The summed E-state index contributed by atoms with van der Waals surface area (Å²) in [6.07, 6.45) is -9.24. The first-order valence-electron chi connectivity index (χ1n) is 9.69. The van der Waals surface area contributed by atoms with Crippen molar-refractivity contribution >= 4 is 5.97 Å². The summed E-state index contributed by atoms with van der Waals surface area (Å²) < 4.78 is 60.6. The van der Waals surface area contributed by atoms with Gasteiger partial charge in [0.2, 0.25) is 0 Å². The smallest absolute Gasteiger partial charge is 0.461 e. The molecular weight excluding hydrogens is 446 g/mol. The van der Waals surface area contributed by atoms with Crippen molar-refractivity contribution in [3.05, 3.63) is 84.2 Å². The molecule has 2 N–H and O–H groups in total. The van der Waals surface area contributed by atoms with E-state index in [1.54, 1.807) is 24.3 Å². The van der Waals surface area contributed by atoms with E-state index in [1.807, 2.05) is 6.07 Å². The third kappa shape index (κ3) is 6.42. The number of benzene rings is 2. The summed E-state index contributed by atoms with van der Waals surface area (Å²) >= 11 is 0. The summed E-state index contributed by atoms with van der Waals surface area (Å²) in [4.78, 5) is 15.8. The Balaban J connectivity index is 1.72. The molecule has 0 amide bonds. The van der Waals surface area contributed by atoms with E-state index in [1.165, 1.54) is 30.5 Å². The third-order valence-electron chi connectivity index (χ3n) is 4.60. The fourth-order valence-corrected chi connectivity index (χ4v) is 2.98. The van der Waals surface area contributed by atoms with Gasteiger partial charge in [-0.2, -0.15) is 17.6 Å². The van der Waals surface area contributed by atoms with E-state index in [0.29, 0.717) is 11.5 Å². The third-order valence-corrected chi connectivity index (χ3v) is 4.60. The highest BCUT2D eigenvalue weighted by atomic mass is 19.3. The van der Waals surface area contributed by atoms with Crippen LogP contribution in [0, 0.1) is 5.92 Å². The normalized spacial score (nSPS) is 13.4. The molecule has 174 valence electrons. The Bertz CT molecular complexity index is 1060. The summed E-state index contributed by atoms with van der Waals surface area (Å²) in [6.45, 7) is 0. The molecule has 0 radical (unpaired) electrons. The minimum atomic E-state index is -4.70. The number of carboxylic acids is 1. The van der Waals surface area contributed by atoms with Gasteiger partial charge in [0.1, 0.15) is 23.4 Å². The number of nitrogens with zero attached hydrogens (tertiary/aromatic N) is 1. The molecule has 6 nitrogen and oxygen atoms in total. The number of aliphatic hydroxyl groups excluding tert-OH is 1. The quantitative estimate of drug-likeness (QED) is 0.406. The van der Waals surface area contributed by atoms with Crippen LogP contribution < -0.4 is 9.47 Å². The maximum atomic E-state index is 13.1. The average Bonchev–Trinajstić information content (AvgIpc) is 2.78. The van der Waals surface area contributed by atoms with Gasteiger partial charge in [-0.1, -0.05) is 30.3 Å². The Kier molecular flexibility index (Phi) is 7.49. The van der Waals surface area contributed by atoms with Gasteiger partial charge in [-0.3, -0.25) is 9.78 Å². The number of rotatable bonds is 10. The number of aliphatic carboxylic acids is 1. The van der Waals surface area contributed by atoms with Crippen LogP contribution in [0.15, 0.2) is 72.9 Å². The van der Waals surface area contributed by atoms with Gasteiger partial charge in [0.25, 0.3) is 0 Å². The second-order valence-corrected chi connectivity index (χ2v) is 7.04. The molecule has 0 spiro atoms. The number of ether oxygens (including phenoxy) is 2. The molecular formula is C23H19F4NO5. The number of aliphatic hydroxyl groups is 1. The second-order valence-electron chi connectivity index (χ2n) is 7.04. The molecule has 2 aromatic carbocycles. The summed E-state index contributed by atoms with van der Waals surface area (Å²) in [5.41, 5.74) is 0.243. The molecule has 10 heteroatoms. The van der Waals surface area contributed by atoms with Crippen LogP contribution in [0.25, 0.3) is 0 Å². The van der Waals surface area contributed by atoms with Gasteiger partial charge in [0, 0.05) is 0 Å². The molecule has 1 heterocycles. The van der Waals surface area contributed by atoms with Gasteiger partial charge in [-0.25, -0.2) is 0 Å². The van der Waals surface area contributed by atoms with Crippen molar-refractivity contribution < 1.29 is 42.0 Å². The number of carbonyl (C=O) groups is 1. The fourth-order valence-electron chi connectivity index (χ4n) is 2.98. The van der Waals surface area contributed by atoms with E-state index in [2.05, 4.69) is 9.72 Å². The Morgan fingerprint density at radius 2 is 1.67 bits per heavy atom. The molecule has 3 rings (SSSR count). The lowest BCUT2D eigenvalue weighted by molar-refractivity contribution is -0.253. The van der Waals surface area contributed by atoms with E-state index in [0.717, 1.165) is 12.1 Å². The Morgan fingerprint density at radius 3 is 2.27 bits per heavy atom. The van der Waals surface area contributed by atoms with Crippen molar-refractivity contribution in [2.24, 2.45) is 5.92 Å². The van der Waals surface area contributed by atoms with Crippen LogP contribution in [0.1, 0.15) is 17.4 Å². The van der Waals surface area contributed by atoms with Gasteiger partial charge >= 0.3 is 18.5 Å². The molecule has 0 saturated heterocycles. The van der Waals surface area contributed by atoms with E-state index in [4.69, 9.17) is 4.74 Å². The van der Waals surface area contributed by atoms with Crippen LogP contribution in [-0.4, -0.2) is 33.7 Å². The number of carboxylic acid groups (broad SMARTS) is 1. The van der Waals surface area contributed by atoms with Crippen LogP contribution in [0.4, 0.5) is 17.6 Å². The molecule has 1 aromatic heterocycles. The molecule has 0 aliphatic rings. The first-order chi connectivity index (χ1) is 15.7. The van der Waals surface area contributed by atoms with Crippen LogP contribution >= 0.6 is 0 Å². The molecule has 2 atom stereocenters. The second kappa shape index (κ2) is 10.3. The van der Waals surface area contributed by atoms with Crippen molar-refractivity contribution in [1.82, 2.24) is 4.98 Å². The highest BCUT2D eigenvalue weighted by molar-refractivity contribution is 5.71. The first-order valence-corrected chi connectivity index (χ1v) is 9.69. The number of hydrogen-bond acceptors (Lipinski definition) is 5. The Labute approximate surface area is 186 Å². The lowest BCUT2D eigenvalue weighted by Crippen LogP contribution is -2.33. The van der Waals surface area contributed by atoms with Gasteiger partial charge in [0.05, 0.1) is 17.8 Å². The molecule has 0 bridgehead atoms. The van der Waals surface area contributed by atoms with Crippen LogP contribution in [-0.2, 0) is 11.2 Å². The number of para-hydroxylation sites is 1. The fraction of sp³-hybridized carbons (Fsp3) is 0.217. The number of aromatic nitrogens is 1. The highest BCUT2D eigenvalue weighted by Gasteiger charge is 2.44. The van der Waals surface area contributed by atoms with Gasteiger partial charge in [0.15, 0.2) is 0 Å². The maximum absolute atomic E-state index is 13.1. The predicted octanol–water partition coefficient (Wildman–Crippen LogP) is 5.09. The summed E-state index contributed by atoms with van der Waals surface area (Å²) in [5, 5.41) is 20.2. The molecule has 0 aliphatic heterocycles. The number of pyridine rings is 1. The van der Waals surface area contributed by atoms with Crippen molar-refractivity contribution in [1.29, 1.82) is 0 Å². The van der Waals surface area contributed by atoms with Crippen molar-refractivity contribution in [2.75, 3.05) is 0 Å². The van der Waals surface area contributed by atoms with Crippen molar-refractivity contribution in [3.63, 3.8) is 0 Å². The van der Waals surface area contributed by atoms with Crippen LogP contribution in [0.2, 0.25) is 0 Å². The summed E-state index contributed by atoms with van der Waals surface area (Å²) in [7, 11) is 0. The first kappa shape index (κ1) is 24.0. The maximum Gasteiger partial charge on any atom is 0.461 e. The standard InChI is InChI=1S/C23H19F4NO5/c24-22(25)23(26,27)33-16-8-4-5-14(11-16)12-18(21(30)31)20(29)19-10-9-17(13-28-19)32-15-6-2-1-3-7-15/h1-11,13,18,20,22,29H,12H2,(H,30,31). The minimum absolute atomic E-state index is 0.0550. The van der Waals surface area contributed by atoms with E-state index >= 15 is 0 Å². The zero-order chi connectivity index (χ0) is 24.0. The SMILES string of the molecule is O=C(O)C(Cc1cccc(OC(F)(F)C(F)F)c1)C(O)c1ccc(Oc2ccccc2)cn1. The van der Waals surface area contributed by atoms with Gasteiger partial charge in [-0.15, -0.1) is 0 Å². The van der Waals surface area contributed by atoms with E-state index < -0.39 is 36.3 Å². The zero-order valence-corrected chi connectivity index (χ0v) is 16.9. The van der Waals surface area contributed by atoms with Gasteiger partial charge in [-0.05, 0) is 48.4 Å². The zero-order valence-electron chi connectivity index (χ0n) is 16.9. The molecule has 3 aromatic rings. The average molecular weight is 465 g/mol. The predicted molar refractivity (Wildman–Crippen MR) is 109 cm³/mol. The van der Waals surface area contributed by atoms with Crippen molar-refractivity contribution in [2.45, 2.75) is 25.1 Å². The minimum Gasteiger partial charge on any atom is -0.481 e. The Hall–Kier alpha value is -3.66. The molecule has 2 unspecified atom stereocenters. The lowest BCUT2D eigenvalue weighted by Gasteiger charge is -2.20. The molecule has 33 heavy (non-hydrogen) atoms. The highest BCUT2D eigenvalue weighted by Crippen LogP contribution is 2.30. The molecule has 0 saturated carbocycles. The largest absolute Gasteiger partial charge is 0.481 e. The molecule has 0 aliphatic carbocycles. The lowest BCUT2D eigenvalue weighted by atomic mass is 9.92. The summed E-state index contributed by atoms with van der Waals surface area (Å²) in [5.74, 6) is -2.39. The summed E-state index contributed by atoms with van der Waals surface area (Å²) in [6, 6.07) is 16.5. The van der Waals surface area contributed by atoms with Crippen LogP contribution in [0.3, 0.4) is 0 Å². The molecule has 0 fully saturated rings.